The van der Waals surface area contributed by atoms with Crippen LogP contribution in [-0.4, -0.2) is 17.1 Å². The fourth-order valence-corrected chi connectivity index (χ4v) is 5.43. The van der Waals surface area contributed by atoms with Gasteiger partial charge in [-0.2, -0.15) is 0 Å². The molecule has 0 N–H and O–H groups in total. The molecule has 36 heavy (non-hydrogen) atoms. The minimum Gasteiger partial charge on any atom is -0.463 e. The standard InChI is InChI=1S/C28H23ClN2O4S/c1-4-34-27(33)24-17(3)30-28-31(25(24)18-10-8-16(2)9-11-18)26(32)23(36-28)15-21-12-13-22(35-21)19-6-5-7-20(29)14-19/h5-15,25H,4H2,1-3H3/b23-15+/t25-/m0/s1. The van der Waals surface area contributed by atoms with Crippen LogP contribution in [-0.2, 0) is 9.53 Å². The lowest BCUT2D eigenvalue weighted by Gasteiger charge is -2.24. The zero-order chi connectivity index (χ0) is 25.4. The van der Waals surface area contributed by atoms with E-state index in [4.69, 9.17) is 20.8 Å². The number of thiazole rings is 1. The molecule has 5 rings (SSSR count). The third kappa shape index (κ3) is 4.47. The molecule has 0 unspecified atom stereocenters. The van der Waals surface area contributed by atoms with Crippen molar-refractivity contribution in [1.29, 1.82) is 0 Å². The number of esters is 1. The summed E-state index contributed by atoms with van der Waals surface area (Å²) in [7, 11) is 0. The number of furan rings is 1. The van der Waals surface area contributed by atoms with Crippen molar-refractivity contribution in [3.8, 4) is 11.3 Å². The zero-order valence-electron chi connectivity index (χ0n) is 19.9. The summed E-state index contributed by atoms with van der Waals surface area (Å²) in [5, 5.41) is 0.614. The van der Waals surface area contributed by atoms with Crippen LogP contribution in [0.15, 0.2) is 86.1 Å². The third-order valence-corrected chi connectivity index (χ3v) is 7.14. The fraction of sp³-hybridized carbons (Fsp3) is 0.179. The Morgan fingerprint density at radius 1 is 1.17 bits per heavy atom. The third-order valence-electron chi connectivity index (χ3n) is 5.92. The monoisotopic (exact) mass is 518 g/mol. The van der Waals surface area contributed by atoms with Crippen LogP contribution in [0.3, 0.4) is 0 Å². The molecule has 2 aromatic heterocycles. The quantitative estimate of drug-likeness (QED) is 0.348. The summed E-state index contributed by atoms with van der Waals surface area (Å²) < 4.78 is 13.3. The molecule has 1 aliphatic rings. The molecule has 0 saturated carbocycles. The average molecular weight is 519 g/mol. The molecule has 0 saturated heterocycles. The number of aryl methyl sites for hydroxylation is 1. The van der Waals surface area contributed by atoms with E-state index < -0.39 is 12.0 Å². The first-order valence-corrected chi connectivity index (χ1v) is 12.7. The second kappa shape index (κ2) is 9.76. The summed E-state index contributed by atoms with van der Waals surface area (Å²) in [4.78, 5) is 31.7. The number of benzene rings is 2. The highest BCUT2D eigenvalue weighted by Crippen LogP contribution is 2.31. The number of rotatable bonds is 5. The number of carbonyl (C=O) groups excluding carboxylic acids is 1. The van der Waals surface area contributed by atoms with Gasteiger partial charge in [0.15, 0.2) is 4.80 Å². The second-order valence-corrected chi connectivity index (χ2v) is 9.87. The second-order valence-electron chi connectivity index (χ2n) is 8.43. The number of fused-ring (bicyclic) bond motifs is 1. The van der Waals surface area contributed by atoms with E-state index in [1.807, 2.05) is 55.5 Å². The van der Waals surface area contributed by atoms with E-state index in [9.17, 15) is 9.59 Å². The smallest absolute Gasteiger partial charge is 0.338 e. The minimum absolute atomic E-state index is 0.230. The molecule has 0 radical (unpaired) electrons. The molecule has 1 atom stereocenters. The molecule has 2 aromatic carbocycles. The molecule has 3 heterocycles. The topological polar surface area (TPSA) is 73.8 Å². The molecule has 0 amide bonds. The lowest BCUT2D eigenvalue weighted by Crippen LogP contribution is -2.39. The highest BCUT2D eigenvalue weighted by Gasteiger charge is 2.33. The van der Waals surface area contributed by atoms with E-state index >= 15 is 0 Å². The van der Waals surface area contributed by atoms with Gasteiger partial charge < -0.3 is 9.15 Å². The number of aromatic nitrogens is 1. The first kappa shape index (κ1) is 24.0. The van der Waals surface area contributed by atoms with Gasteiger partial charge in [-0.05, 0) is 50.6 Å². The van der Waals surface area contributed by atoms with Gasteiger partial charge in [-0.1, -0.05) is 64.9 Å². The van der Waals surface area contributed by atoms with Crippen molar-refractivity contribution in [3.05, 3.63) is 114 Å². The normalized spacial score (nSPS) is 15.6. The zero-order valence-corrected chi connectivity index (χ0v) is 21.5. The van der Waals surface area contributed by atoms with Crippen molar-refractivity contribution in [3.63, 3.8) is 0 Å². The molecule has 0 aliphatic carbocycles. The van der Waals surface area contributed by atoms with Crippen molar-refractivity contribution in [1.82, 2.24) is 4.57 Å². The molecular weight excluding hydrogens is 496 g/mol. The van der Waals surface area contributed by atoms with E-state index in [2.05, 4.69) is 4.99 Å². The Bertz CT molecular complexity index is 1680. The first-order valence-electron chi connectivity index (χ1n) is 11.5. The maximum Gasteiger partial charge on any atom is 0.338 e. The summed E-state index contributed by atoms with van der Waals surface area (Å²) in [6.45, 7) is 5.75. The summed E-state index contributed by atoms with van der Waals surface area (Å²) >= 11 is 7.37. The average Bonchev–Trinajstić information content (AvgIpc) is 3.43. The fourth-order valence-electron chi connectivity index (χ4n) is 4.21. The molecular formula is C28H23ClN2O4S. The van der Waals surface area contributed by atoms with E-state index in [1.165, 1.54) is 11.3 Å². The molecule has 8 heteroatoms. The van der Waals surface area contributed by atoms with Crippen molar-refractivity contribution in [2.24, 2.45) is 4.99 Å². The number of allylic oxidation sites excluding steroid dienone is 1. The van der Waals surface area contributed by atoms with Crippen LogP contribution in [0.2, 0.25) is 5.02 Å². The maximum atomic E-state index is 13.7. The number of nitrogens with zero attached hydrogens (tertiary/aromatic N) is 2. The number of halogens is 1. The van der Waals surface area contributed by atoms with E-state index in [0.29, 0.717) is 37.1 Å². The predicted octanol–water partition coefficient (Wildman–Crippen LogP) is 5.02. The number of hydrogen-bond donors (Lipinski definition) is 0. The van der Waals surface area contributed by atoms with Crippen molar-refractivity contribution in [2.45, 2.75) is 26.8 Å². The summed E-state index contributed by atoms with van der Waals surface area (Å²) in [5.41, 5.74) is 3.38. The lowest BCUT2D eigenvalue weighted by atomic mass is 9.95. The van der Waals surface area contributed by atoms with Gasteiger partial charge in [-0.15, -0.1) is 0 Å². The van der Waals surface area contributed by atoms with Crippen molar-refractivity contribution >= 4 is 35.0 Å². The first-order chi connectivity index (χ1) is 17.4. The number of carbonyl (C=O) groups is 1. The highest BCUT2D eigenvalue weighted by atomic mass is 35.5. The van der Waals surface area contributed by atoms with Crippen LogP contribution in [0.25, 0.3) is 17.4 Å². The van der Waals surface area contributed by atoms with E-state index in [0.717, 1.165) is 16.7 Å². The molecule has 4 aromatic rings. The molecule has 6 nitrogen and oxygen atoms in total. The Morgan fingerprint density at radius 2 is 1.94 bits per heavy atom. The Balaban J connectivity index is 1.64. The predicted molar refractivity (Wildman–Crippen MR) is 141 cm³/mol. The van der Waals surface area contributed by atoms with Gasteiger partial charge in [0, 0.05) is 16.7 Å². The Kier molecular flexibility index (Phi) is 6.51. The molecule has 0 bridgehead atoms. The largest absolute Gasteiger partial charge is 0.463 e. The molecule has 0 spiro atoms. The van der Waals surface area contributed by atoms with E-state index in [-0.39, 0.29) is 12.2 Å². The van der Waals surface area contributed by atoms with Crippen LogP contribution in [0.4, 0.5) is 0 Å². The van der Waals surface area contributed by atoms with Gasteiger partial charge in [-0.3, -0.25) is 9.36 Å². The van der Waals surface area contributed by atoms with Crippen LogP contribution in [0.5, 0.6) is 0 Å². The molecule has 182 valence electrons. The minimum atomic E-state index is -0.637. The Labute approximate surface area is 216 Å². The van der Waals surface area contributed by atoms with Gasteiger partial charge in [0.25, 0.3) is 5.56 Å². The summed E-state index contributed by atoms with van der Waals surface area (Å²) in [6, 6.07) is 18.2. The van der Waals surface area contributed by atoms with Gasteiger partial charge >= 0.3 is 5.97 Å². The lowest BCUT2D eigenvalue weighted by molar-refractivity contribution is -0.139. The van der Waals surface area contributed by atoms with Gasteiger partial charge in [0.2, 0.25) is 0 Å². The van der Waals surface area contributed by atoms with Crippen LogP contribution >= 0.6 is 22.9 Å². The Hall–Kier alpha value is -3.68. The molecule has 0 fully saturated rings. The maximum absolute atomic E-state index is 13.7. The van der Waals surface area contributed by atoms with Gasteiger partial charge in [0.1, 0.15) is 11.5 Å². The number of ether oxygens (including phenoxy) is 1. The number of hydrogen-bond acceptors (Lipinski definition) is 6. The summed E-state index contributed by atoms with van der Waals surface area (Å²) in [6.07, 6.45) is 1.70. The van der Waals surface area contributed by atoms with Gasteiger partial charge in [0.05, 0.1) is 28.5 Å². The van der Waals surface area contributed by atoms with Gasteiger partial charge in [-0.25, -0.2) is 9.79 Å². The van der Waals surface area contributed by atoms with Crippen LogP contribution in [0.1, 0.15) is 36.8 Å². The van der Waals surface area contributed by atoms with Crippen molar-refractivity contribution in [2.75, 3.05) is 6.61 Å². The highest BCUT2D eigenvalue weighted by molar-refractivity contribution is 7.07. The van der Waals surface area contributed by atoms with Crippen LogP contribution < -0.4 is 14.9 Å². The molecule has 1 aliphatic heterocycles. The SMILES string of the molecule is CCOC(=O)C1=C(C)N=c2s/c(=C/c3ccc(-c4cccc(Cl)c4)o3)c(=O)n2[C@H]1c1ccc(C)cc1. The van der Waals surface area contributed by atoms with Crippen molar-refractivity contribution < 1.29 is 13.9 Å². The Morgan fingerprint density at radius 3 is 2.67 bits per heavy atom. The summed E-state index contributed by atoms with van der Waals surface area (Å²) in [5.74, 6) is 0.703. The van der Waals surface area contributed by atoms with E-state index in [1.54, 1.807) is 36.6 Å². The van der Waals surface area contributed by atoms with Crippen LogP contribution in [0, 0.1) is 6.92 Å².